The molecular weight excluding hydrogens is 261 g/mol. The lowest BCUT2D eigenvalue weighted by molar-refractivity contribution is 0.0998. The average molecular weight is 275 g/mol. The monoisotopic (exact) mass is 275 g/mol. The van der Waals surface area contributed by atoms with Crippen molar-refractivity contribution in [3.63, 3.8) is 0 Å². The predicted molar refractivity (Wildman–Crippen MR) is 72.8 cm³/mol. The van der Waals surface area contributed by atoms with Gasteiger partial charge in [0.15, 0.2) is 0 Å². The largest absolute Gasteiger partial charge is 0.365 e. The molecule has 20 heavy (non-hydrogen) atoms. The van der Waals surface area contributed by atoms with Gasteiger partial charge < -0.3 is 10.3 Å². The quantitative estimate of drug-likeness (QED) is 0.926. The maximum absolute atomic E-state index is 13.2. The Morgan fingerprint density at radius 2 is 2.05 bits per heavy atom. The summed E-state index contributed by atoms with van der Waals surface area (Å²) in [6, 6.07) is 1.22. The molecule has 1 amide bonds. The van der Waals surface area contributed by atoms with Crippen LogP contribution in [0.3, 0.4) is 0 Å². The second-order valence-corrected chi connectivity index (χ2v) is 4.71. The number of hydrogen-bond donors (Lipinski definition) is 1. The van der Waals surface area contributed by atoms with Crippen LogP contribution in [0.2, 0.25) is 0 Å². The topological polar surface area (TPSA) is 78.0 Å². The third-order valence-corrected chi connectivity index (χ3v) is 2.92. The molecule has 6 heteroatoms. The lowest BCUT2D eigenvalue weighted by Gasteiger charge is -2.14. The molecule has 104 valence electrons. The van der Waals surface area contributed by atoms with Crippen molar-refractivity contribution in [1.82, 2.24) is 9.55 Å². The van der Waals surface area contributed by atoms with E-state index in [1.54, 1.807) is 10.8 Å². The Balaban J connectivity index is 2.75. The maximum atomic E-state index is 13.2. The van der Waals surface area contributed by atoms with Crippen LogP contribution in [0.1, 0.15) is 30.2 Å². The molecule has 0 saturated carbocycles. The van der Waals surface area contributed by atoms with Crippen molar-refractivity contribution in [2.75, 3.05) is 0 Å². The predicted octanol–water partition coefficient (Wildman–Crippen LogP) is 1.73. The molecule has 2 rings (SSSR count). The maximum Gasteiger partial charge on any atom is 0.254 e. The lowest BCUT2D eigenvalue weighted by Crippen LogP contribution is -2.25. The molecule has 0 aliphatic heterocycles. The van der Waals surface area contributed by atoms with Gasteiger partial charge in [-0.3, -0.25) is 14.6 Å². The van der Waals surface area contributed by atoms with Crippen LogP contribution in [0.5, 0.6) is 0 Å². The summed E-state index contributed by atoms with van der Waals surface area (Å²) < 4.78 is 14.9. The number of pyridine rings is 2. The first kappa shape index (κ1) is 13.9. The number of rotatable bonds is 3. The Hall–Kier alpha value is -2.50. The lowest BCUT2D eigenvalue weighted by atomic mass is 10.1. The van der Waals surface area contributed by atoms with Gasteiger partial charge in [-0.05, 0) is 19.9 Å². The highest BCUT2D eigenvalue weighted by atomic mass is 19.1. The van der Waals surface area contributed by atoms with E-state index in [2.05, 4.69) is 4.98 Å². The first-order valence-corrected chi connectivity index (χ1v) is 6.06. The number of amides is 1. The second-order valence-electron chi connectivity index (χ2n) is 4.71. The molecule has 0 bridgehead atoms. The molecule has 2 aromatic heterocycles. The summed E-state index contributed by atoms with van der Waals surface area (Å²) in [5.74, 6) is -1.36. The Morgan fingerprint density at radius 1 is 1.35 bits per heavy atom. The first-order valence-electron chi connectivity index (χ1n) is 6.06. The van der Waals surface area contributed by atoms with E-state index in [9.17, 15) is 14.0 Å². The zero-order valence-electron chi connectivity index (χ0n) is 11.1. The SMILES string of the molecule is CC(C)n1cc(C(N)=O)c(=O)c(-c2cncc(F)c2)c1. The molecule has 0 aromatic carbocycles. The van der Waals surface area contributed by atoms with Crippen molar-refractivity contribution in [2.45, 2.75) is 19.9 Å². The van der Waals surface area contributed by atoms with Crippen LogP contribution in [-0.2, 0) is 0 Å². The van der Waals surface area contributed by atoms with Gasteiger partial charge in [0.1, 0.15) is 11.4 Å². The summed E-state index contributed by atoms with van der Waals surface area (Å²) in [5, 5.41) is 0. The van der Waals surface area contributed by atoms with Gasteiger partial charge >= 0.3 is 0 Å². The van der Waals surface area contributed by atoms with E-state index >= 15 is 0 Å². The van der Waals surface area contributed by atoms with Gasteiger partial charge in [-0.1, -0.05) is 0 Å². The molecular formula is C14H14FN3O2. The van der Waals surface area contributed by atoms with Crippen molar-refractivity contribution >= 4 is 5.91 Å². The van der Waals surface area contributed by atoms with E-state index in [-0.39, 0.29) is 17.2 Å². The molecule has 2 heterocycles. The number of aromatic nitrogens is 2. The summed E-state index contributed by atoms with van der Waals surface area (Å²) >= 11 is 0. The molecule has 2 aromatic rings. The minimum atomic E-state index is -0.810. The number of primary amides is 1. The summed E-state index contributed by atoms with van der Waals surface area (Å²) in [4.78, 5) is 27.3. The fourth-order valence-corrected chi connectivity index (χ4v) is 1.84. The van der Waals surface area contributed by atoms with E-state index in [1.807, 2.05) is 13.8 Å². The highest BCUT2D eigenvalue weighted by molar-refractivity contribution is 5.93. The van der Waals surface area contributed by atoms with E-state index in [0.29, 0.717) is 5.56 Å². The Bertz CT molecular complexity index is 723. The van der Waals surface area contributed by atoms with Gasteiger partial charge in [0.05, 0.1) is 6.20 Å². The third kappa shape index (κ3) is 2.59. The Labute approximate surface area is 114 Å². The molecule has 0 aliphatic rings. The fourth-order valence-electron chi connectivity index (χ4n) is 1.84. The van der Waals surface area contributed by atoms with E-state index < -0.39 is 17.2 Å². The van der Waals surface area contributed by atoms with Crippen molar-refractivity contribution < 1.29 is 9.18 Å². The zero-order valence-corrected chi connectivity index (χ0v) is 11.1. The normalized spacial score (nSPS) is 10.8. The highest BCUT2D eigenvalue weighted by Gasteiger charge is 2.15. The number of halogens is 1. The molecule has 0 unspecified atom stereocenters. The van der Waals surface area contributed by atoms with E-state index in [0.717, 1.165) is 6.20 Å². The van der Waals surface area contributed by atoms with E-state index in [1.165, 1.54) is 18.5 Å². The second kappa shape index (κ2) is 5.24. The fraction of sp³-hybridized carbons (Fsp3) is 0.214. The average Bonchev–Trinajstić information content (AvgIpc) is 2.38. The van der Waals surface area contributed by atoms with Gasteiger partial charge in [-0.2, -0.15) is 0 Å². The number of carbonyl (C=O) groups excluding carboxylic acids is 1. The molecule has 0 spiro atoms. The van der Waals surface area contributed by atoms with Crippen LogP contribution in [-0.4, -0.2) is 15.5 Å². The van der Waals surface area contributed by atoms with Crippen molar-refractivity contribution in [2.24, 2.45) is 5.73 Å². The summed E-state index contributed by atoms with van der Waals surface area (Å²) in [5.41, 5.74) is 5.08. The van der Waals surface area contributed by atoms with Gasteiger partial charge in [0.25, 0.3) is 5.91 Å². The van der Waals surface area contributed by atoms with Crippen LogP contribution < -0.4 is 11.2 Å². The zero-order chi connectivity index (χ0) is 14.9. The number of nitrogens with zero attached hydrogens (tertiary/aromatic N) is 2. The van der Waals surface area contributed by atoms with Gasteiger partial charge in [0.2, 0.25) is 5.43 Å². The summed E-state index contributed by atoms with van der Waals surface area (Å²) in [6.45, 7) is 3.78. The van der Waals surface area contributed by atoms with Crippen LogP contribution in [0.25, 0.3) is 11.1 Å². The van der Waals surface area contributed by atoms with Crippen molar-refractivity contribution in [3.8, 4) is 11.1 Å². The third-order valence-electron chi connectivity index (χ3n) is 2.92. The molecule has 5 nitrogen and oxygen atoms in total. The smallest absolute Gasteiger partial charge is 0.254 e. The number of nitrogens with two attached hydrogens (primary N) is 1. The van der Waals surface area contributed by atoms with Gasteiger partial charge in [-0.15, -0.1) is 0 Å². The van der Waals surface area contributed by atoms with Crippen molar-refractivity contribution in [3.05, 3.63) is 52.5 Å². The van der Waals surface area contributed by atoms with Crippen LogP contribution in [0.15, 0.2) is 35.6 Å². The van der Waals surface area contributed by atoms with Gasteiger partial charge in [-0.25, -0.2) is 4.39 Å². The molecule has 0 atom stereocenters. The van der Waals surface area contributed by atoms with Crippen LogP contribution >= 0.6 is 0 Å². The number of carbonyl (C=O) groups is 1. The molecule has 0 aliphatic carbocycles. The Kier molecular flexibility index (Phi) is 3.65. The first-order chi connectivity index (χ1) is 9.40. The minimum Gasteiger partial charge on any atom is -0.365 e. The standard InChI is InChI=1S/C14H14FN3O2/c1-8(2)18-6-11(9-3-10(15)5-17-4-9)13(19)12(7-18)14(16)20/h3-8H,1-2H3,(H2,16,20). The van der Waals surface area contributed by atoms with Crippen molar-refractivity contribution in [1.29, 1.82) is 0 Å². The molecule has 2 N–H and O–H groups in total. The Morgan fingerprint density at radius 3 is 2.60 bits per heavy atom. The number of hydrogen-bond acceptors (Lipinski definition) is 3. The van der Waals surface area contributed by atoms with Crippen LogP contribution in [0.4, 0.5) is 4.39 Å². The van der Waals surface area contributed by atoms with Gasteiger partial charge in [0, 0.05) is 35.8 Å². The van der Waals surface area contributed by atoms with E-state index in [4.69, 9.17) is 5.73 Å². The minimum absolute atomic E-state index is 0.0222. The molecule has 0 radical (unpaired) electrons. The van der Waals surface area contributed by atoms with Crippen LogP contribution in [0, 0.1) is 5.82 Å². The molecule has 0 saturated heterocycles. The highest BCUT2D eigenvalue weighted by Crippen LogP contribution is 2.17. The summed E-state index contributed by atoms with van der Waals surface area (Å²) in [6.07, 6.45) is 5.39. The molecule has 0 fully saturated rings. The summed E-state index contributed by atoms with van der Waals surface area (Å²) in [7, 11) is 0.